The summed E-state index contributed by atoms with van der Waals surface area (Å²) < 4.78 is 18.8. The monoisotopic (exact) mass is 455 g/mol. The van der Waals surface area contributed by atoms with E-state index in [1.807, 2.05) is 26.0 Å². The Morgan fingerprint density at radius 2 is 2.03 bits per heavy atom. The highest BCUT2D eigenvalue weighted by Crippen LogP contribution is 2.34. The first kappa shape index (κ1) is 22.5. The zero-order valence-electron chi connectivity index (χ0n) is 18.1. The fraction of sp³-hybridized carbons (Fsp3) is 0.375. The molecule has 2 aromatic rings. The van der Waals surface area contributed by atoms with E-state index >= 15 is 0 Å². The van der Waals surface area contributed by atoms with Gasteiger partial charge in [0, 0.05) is 18.7 Å². The Kier molecular flexibility index (Phi) is 6.91. The number of aliphatic imine (C=N–C) groups is 1. The number of nitrogens with zero attached hydrogens (tertiary/aromatic N) is 2. The number of thioether (sulfide) groups is 1. The third-order valence-corrected chi connectivity index (χ3v) is 6.67. The van der Waals surface area contributed by atoms with Gasteiger partial charge >= 0.3 is 0 Å². The number of hydrogen-bond donors (Lipinski definition) is 1. The minimum Gasteiger partial charge on any atom is -0.376 e. The Labute approximate surface area is 191 Å². The Morgan fingerprint density at radius 3 is 2.72 bits per heavy atom. The van der Waals surface area contributed by atoms with E-state index in [1.165, 1.54) is 36.0 Å². The molecule has 4 rings (SSSR count). The average Bonchev–Trinajstić information content (AvgIpc) is 3.36. The van der Waals surface area contributed by atoms with Gasteiger partial charge in [-0.15, -0.1) is 0 Å². The van der Waals surface area contributed by atoms with Gasteiger partial charge < -0.3 is 10.1 Å². The molecule has 168 valence electrons. The van der Waals surface area contributed by atoms with Crippen molar-refractivity contribution >= 4 is 40.1 Å². The van der Waals surface area contributed by atoms with Gasteiger partial charge in [-0.05, 0) is 62.6 Å². The fourth-order valence-corrected chi connectivity index (χ4v) is 4.99. The lowest BCUT2D eigenvalue weighted by atomic mass is 10.1. The standard InChI is InChI=1S/C24H26FN3O3S/c1-15-5-10-20(16(2)12-15)27-24-28(14-19-4-3-11-31-19)23(30)21(32-24)13-22(29)26-18-8-6-17(25)7-9-18/h5-10,12,19,21H,3-4,11,13-14H2,1-2H3,(H,26,29). The normalized spacial score (nSPS) is 22.0. The van der Waals surface area contributed by atoms with E-state index in [0.29, 0.717) is 24.0 Å². The second-order valence-electron chi connectivity index (χ2n) is 8.13. The van der Waals surface area contributed by atoms with Crippen LogP contribution in [0.5, 0.6) is 0 Å². The van der Waals surface area contributed by atoms with Gasteiger partial charge in [-0.2, -0.15) is 0 Å². The van der Waals surface area contributed by atoms with Crippen LogP contribution in [0.15, 0.2) is 47.5 Å². The number of nitrogens with one attached hydrogen (secondary N) is 1. The summed E-state index contributed by atoms with van der Waals surface area (Å²) in [6.07, 6.45) is 1.87. The summed E-state index contributed by atoms with van der Waals surface area (Å²) in [5.74, 6) is -0.808. The van der Waals surface area contributed by atoms with Gasteiger partial charge in [0.1, 0.15) is 11.1 Å². The molecule has 6 nitrogen and oxygen atoms in total. The predicted octanol–water partition coefficient (Wildman–Crippen LogP) is 4.58. The van der Waals surface area contributed by atoms with Crippen molar-refractivity contribution < 1.29 is 18.7 Å². The zero-order valence-corrected chi connectivity index (χ0v) is 19.0. The number of halogens is 1. The van der Waals surface area contributed by atoms with Gasteiger partial charge in [-0.25, -0.2) is 9.38 Å². The first-order chi connectivity index (χ1) is 15.4. The first-order valence-electron chi connectivity index (χ1n) is 10.7. The minimum absolute atomic E-state index is 0.00873. The van der Waals surface area contributed by atoms with Crippen molar-refractivity contribution in [1.29, 1.82) is 0 Å². The van der Waals surface area contributed by atoms with Gasteiger partial charge in [0.25, 0.3) is 0 Å². The Morgan fingerprint density at radius 1 is 1.25 bits per heavy atom. The summed E-state index contributed by atoms with van der Waals surface area (Å²) in [6.45, 7) is 5.15. The third-order valence-electron chi connectivity index (χ3n) is 5.50. The maximum absolute atomic E-state index is 13.2. The lowest BCUT2D eigenvalue weighted by Crippen LogP contribution is -2.38. The maximum Gasteiger partial charge on any atom is 0.242 e. The van der Waals surface area contributed by atoms with Crippen LogP contribution in [0.2, 0.25) is 0 Å². The van der Waals surface area contributed by atoms with Crippen LogP contribution < -0.4 is 5.32 Å². The van der Waals surface area contributed by atoms with Crippen molar-refractivity contribution in [3.63, 3.8) is 0 Å². The summed E-state index contributed by atoms with van der Waals surface area (Å²) in [5, 5.41) is 2.76. The first-order valence-corrected chi connectivity index (χ1v) is 11.6. The van der Waals surface area contributed by atoms with Crippen molar-refractivity contribution in [2.75, 3.05) is 18.5 Å². The van der Waals surface area contributed by atoms with E-state index in [1.54, 1.807) is 4.90 Å². The second kappa shape index (κ2) is 9.83. The molecule has 2 saturated heterocycles. The number of aryl methyl sites for hydroxylation is 2. The van der Waals surface area contributed by atoms with Crippen LogP contribution in [0.25, 0.3) is 0 Å². The number of amides is 2. The van der Waals surface area contributed by atoms with Gasteiger partial charge in [0.15, 0.2) is 5.17 Å². The van der Waals surface area contributed by atoms with Crippen molar-refractivity contribution in [3.05, 3.63) is 59.4 Å². The third kappa shape index (κ3) is 5.37. The van der Waals surface area contributed by atoms with E-state index in [-0.39, 0.29) is 30.2 Å². The SMILES string of the molecule is Cc1ccc(N=C2SC(CC(=O)Nc3ccc(F)cc3)C(=O)N2CC2CCCO2)c(C)c1. The maximum atomic E-state index is 13.2. The average molecular weight is 456 g/mol. The smallest absolute Gasteiger partial charge is 0.242 e. The van der Waals surface area contributed by atoms with Crippen LogP contribution in [-0.2, 0) is 14.3 Å². The summed E-state index contributed by atoms with van der Waals surface area (Å²) in [5.41, 5.74) is 3.47. The molecule has 0 bridgehead atoms. The topological polar surface area (TPSA) is 71.0 Å². The van der Waals surface area contributed by atoms with E-state index in [4.69, 9.17) is 9.73 Å². The van der Waals surface area contributed by atoms with Gasteiger partial charge in [-0.3, -0.25) is 14.5 Å². The van der Waals surface area contributed by atoms with Crippen LogP contribution in [0, 0.1) is 19.7 Å². The highest BCUT2D eigenvalue weighted by atomic mass is 32.2. The van der Waals surface area contributed by atoms with Crippen molar-refractivity contribution in [1.82, 2.24) is 4.90 Å². The molecule has 0 aromatic heterocycles. The number of amidine groups is 1. The largest absolute Gasteiger partial charge is 0.376 e. The molecule has 2 fully saturated rings. The number of carbonyl (C=O) groups excluding carboxylic acids is 2. The number of carbonyl (C=O) groups is 2. The molecule has 0 spiro atoms. The molecular formula is C24H26FN3O3S. The number of rotatable bonds is 6. The molecule has 32 heavy (non-hydrogen) atoms. The molecule has 2 amide bonds. The summed E-state index contributed by atoms with van der Waals surface area (Å²) >= 11 is 1.31. The Hall–Kier alpha value is -2.71. The minimum atomic E-state index is -0.568. The van der Waals surface area contributed by atoms with E-state index in [9.17, 15) is 14.0 Å². The number of ether oxygens (including phenoxy) is 1. The molecule has 2 aliphatic heterocycles. The van der Waals surface area contributed by atoms with Gasteiger partial charge in [0.05, 0.1) is 18.3 Å². The van der Waals surface area contributed by atoms with Crippen LogP contribution in [0.3, 0.4) is 0 Å². The summed E-state index contributed by atoms with van der Waals surface area (Å²) in [6, 6.07) is 11.5. The highest BCUT2D eigenvalue weighted by molar-refractivity contribution is 8.15. The zero-order chi connectivity index (χ0) is 22.7. The molecule has 0 radical (unpaired) electrons. The lowest BCUT2D eigenvalue weighted by molar-refractivity contribution is -0.129. The molecule has 0 aliphatic carbocycles. The summed E-state index contributed by atoms with van der Waals surface area (Å²) in [7, 11) is 0. The van der Waals surface area contributed by atoms with E-state index < -0.39 is 5.25 Å². The quantitative estimate of drug-likeness (QED) is 0.692. The van der Waals surface area contributed by atoms with Crippen LogP contribution in [0.4, 0.5) is 15.8 Å². The molecule has 8 heteroatoms. The molecule has 0 saturated carbocycles. The van der Waals surface area contributed by atoms with E-state index in [0.717, 1.165) is 29.7 Å². The molecular weight excluding hydrogens is 429 g/mol. The van der Waals surface area contributed by atoms with Gasteiger partial charge in [0.2, 0.25) is 11.8 Å². The lowest BCUT2D eigenvalue weighted by Gasteiger charge is -2.20. The second-order valence-corrected chi connectivity index (χ2v) is 9.30. The van der Waals surface area contributed by atoms with Gasteiger partial charge in [-0.1, -0.05) is 29.5 Å². The Bertz CT molecular complexity index is 1040. The fourth-order valence-electron chi connectivity index (χ4n) is 3.83. The van der Waals surface area contributed by atoms with E-state index in [2.05, 4.69) is 11.4 Å². The number of benzene rings is 2. The van der Waals surface area contributed by atoms with Crippen molar-refractivity contribution in [2.24, 2.45) is 4.99 Å². The molecule has 2 aliphatic rings. The Balaban J connectivity index is 1.51. The number of anilines is 1. The highest BCUT2D eigenvalue weighted by Gasteiger charge is 2.40. The predicted molar refractivity (Wildman–Crippen MR) is 125 cm³/mol. The molecule has 2 aromatic carbocycles. The van der Waals surface area contributed by atoms with Crippen LogP contribution in [0.1, 0.15) is 30.4 Å². The molecule has 1 N–H and O–H groups in total. The summed E-state index contributed by atoms with van der Waals surface area (Å²) in [4.78, 5) is 32.2. The molecule has 2 heterocycles. The molecule has 2 atom stereocenters. The van der Waals surface area contributed by atoms with Crippen molar-refractivity contribution in [3.8, 4) is 0 Å². The molecule has 2 unspecified atom stereocenters. The number of hydrogen-bond acceptors (Lipinski definition) is 5. The van der Waals surface area contributed by atoms with Crippen molar-refractivity contribution in [2.45, 2.75) is 44.5 Å². The van der Waals surface area contributed by atoms with Crippen LogP contribution >= 0.6 is 11.8 Å². The van der Waals surface area contributed by atoms with Crippen LogP contribution in [-0.4, -0.2) is 46.4 Å².